The Kier molecular flexibility index (Phi) is 8.12. The molecule has 1 aromatic heterocycles. The molecule has 1 amide bonds. The zero-order valence-electron chi connectivity index (χ0n) is 19.3. The van der Waals surface area contributed by atoms with E-state index in [1.54, 1.807) is 18.2 Å². The van der Waals surface area contributed by atoms with Gasteiger partial charge in [0.05, 0.1) is 21.7 Å². The fourth-order valence-electron chi connectivity index (χ4n) is 3.39. The number of furan rings is 1. The van der Waals surface area contributed by atoms with Gasteiger partial charge < -0.3 is 19.2 Å². The van der Waals surface area contributed by atoms with E-state index in [1.807, 2.05) is 24.3 Å². The standard InChI is InChI=1S/C27H20Cl2N2O6/c1-2-5-17-6-3-4-7-24(17)35-16-21-9-11-26(36-21)27(32)30-19-13-20(31(33)34)15-22(14-19)37-25-10-8-18(28)12-23(25)29/h2-4,6-15H,1,5,16H2,(H,30,32). The number of halogens is 2. The molecule has 10 heteroatoms. The number of amides is 1. The summed E-state index contributed by atoms with van der Waals surface area (Å²) in [4.78, 5) is 23.6. The van der Waals surface area contributed by atoms with E-state index >= 15 is 0 Å². The number of nitro benzene ring substituents is 1. The number of carbonyl (C=O) groups is 1. The van der Waals surface area contributed by atoms with Crippen LogP contribution in [0.15, 0.2) is 89.9 Å². The van der Waals surface area contributed by atoms with E-state index in [1.165, 1.54) is 36.4 Å². The lowest BCUT2D eigenvalue weighted by Crippen LogP contribution is -2.11. The van der Waals surface area contributed by atoms with Crippen molar-refractivity contribution in [3.05, 3.63) is 123 Å². The summed E-state index contributed by atoms with van der Waals surface area (Å²) in [5.74, 6) is 0.866. The van der Waals surface area contributed by atoms with Crippen molar-refractivity contribution in [2.45, 2.75) is 13.0 Å². The number of nitrogens with one attached hydrogen (secondary N) is 1. The monoisotopic (exact) mass is 538 g/mol. The molecule has 0 bridgehead atoms. The molecule has 37 heavy (non-hydrogen) atoms. The summed E-state index contributed by atoms with van der Waals surface area (Å²) in [6, 6.07) is 19.1. The number of hydrogen-bond donors (Lipinski definition) is 1. The molecule has 0 aliphatic carbocycles. The highest BCUT2D eigenvalue weighted by atomic mass is 35.5. The molecule has 0 saturated carbocycles. The van der Waals surface area contributed by atoms with Crippen LogP contribution in [0.2, 0.25) is 10.0 Å². The number of nitrogens with zero attached hydrogens (tertiary/aromatic N) is 1. The quantitative estimate of drug-likeness (QED) is 0.125. The highest BCUT2D eigenvalue weighted by Gasteiger charge is 2.17. The Morgan fingerprint density at radius 3 is 2.62 bits per heavy atom. The van der Waals surface area contributed by atoms with Crippen molar-refractivity contribution in [3.8, 4) is 17.2 Å². The third kappa shape index (κ3) is 6.69. The van der Waals surface area contributed by atoms with Crippen LogP contribution in [0.25, 0.3) is 0 Å². The molecule has 3 aromatic carbocycles. The first-order valence-electron chi connectivity index (χ1n) is 11.0. The van der Waals surface area contributed by atoms with Gasteiger partial charge in [-0.2, -0.15) is 0 Å². The summed E-state index contributed by atoms with van der Waals surface area (Å²) in [7, 11) is 0. The second kappa shape index (κ2) is 11.6. The molecule has 0 radical (unpaired) electrons. The van der Waals surface area contributed by atoms with Crippen LogP contribution in [-0.4, -0.2) is 10.8 Å². The summed E-state index contributed by atoms with van der Waals surface area (Å²) < 4.78 is 17.1. The Bertz CT molecular complexity index is 1470. The van der Waals surface area contributed by atoms with Gasteiger partial charge in [0.2, 0.25) is 0 Å². The molecular weight excluding hydrogens is 519 g/mol. The topological polar surface area (TPSA) is 104 Å². The Balaban J connectivity index is 1.47. The molecule has 0 aliphatic rings. The molecule has 1 heterocycles. The van der Waals surface area contributed by atoms with Gasteiger partial charge in [0.1, 0.15) is 29.6 Å². The normalized spacial score (nSPS) is 10.5. The van der Waals surface area contributed by atoms with Crippen LogP contribution in [0.1, 0.15) is 21.9 Å². The maximum Gasteiger partial charge on any atom is 0.291 e. The summed E-state index contributed by atoms with van der Waals surface area (Å²) in [6.45, 7) is 3.86. The highest BCUT2D eigenvalue weighted by Crippen LogP contribution is 2.34. The molecule has 1 N–H and O–H groups in total. The van der Waals surface area contributed by atoms with Gasteiger partial charge in [-0.1, -0.05) is 47.5 Å². The number of hydrogen-bond acceptors (Lipinski definition) is 6. The van der Waals surface area contributed by atoms with E-state index in [0.717, 1.165) is 5.56 Å². The highest BCUT2D eigenvalue weighted by molar-refractivity contribution is 6.35. The average Bonchev–Trinajstić information content (AvgIpc) is 3.35. The van der Waals surface area contributed by atoms with Gasteiger partial charge in [0.15, 0.2) is 5.76 Å². The first-order valence-corrected chi connectivity index (χ1v) is 11.7. The molecule has 4 rings (SSSR count). The number of rotatable bonds is 10. The van der Waals surface area contributed by atoms with Crippen LogP contribution in [-0.2, 0) is 13.0 Å². The predicted octanol–water partition coefficient (Wildman–Crippen LogP) is 7.85. The smallest absolute Gasteiger partial charge is 0.291 e. The number of benzene rings is 3. The van der Waals surface area contributed by atoms with Crippen LogP contribution in [0.5, 0.6) is 17.2 Å². The van der Waals surface area contributed by atoms with Gasteiger partial charge in [-0.15, -0.1) is 6.58 Å². The molecule has 0 aliphatic heterocycles. The third-order valence-corrected chi connectivity index (χ3v) is 5.60. The lowest BCUT2D eigenvalue weighted by atomic mass is 10.1. The van der Waals surface area contributed by atoms with E-state index in [0.29, 0.717) is 23.0 Å². The molecule has 8 nitrogen and oxygen atoms in total. The molecule has 0 atom stereocenters. The summed E-state index contributed by atoms with van der Waals surface area (Å²) in [5, 5.41) is 14.7. The van der Waals surface area contributed by atoms with E-state index in [4.69, 9.17) is 37.1 Å². The van der Waals surface area contributed by atoms with Crippen LogP contribution >= 0.6 is 23.2 Å². The minimum Gasteiger partial charge on any atom is -0.485 e. The zero-order valence-corrected chi connectivity index (χ0v) is 20.8. The SMILES string of the molecule is C=CCc1ccccc1OCc1ccc(C(=O)Nc2cc(Oc3ccc(Cl)cc3Cl)cc([N+](=O)[O-])c2)o1. The van der Waals surface area contributed by atoms with Crippen LogP contribution < -0.4 is 14.8 Å². The number of allylic oxidation sites excluding steroid dienone is 1. The zero-order chi connectivity index (χ0) is 26.4. The molecule has 0 unspecified atom stereocenters. The Morgan fingerprint density at radius 2 is 1.86 bits per heavy atom. The van der Waals surface area contributed by atoms with Crippen LogP contribution in [0.3, 0.4) is 0 Å². The van der Waals surface area contributed by atoms with Gasteiger partial charge in [-0.3, -0.25) is 14.9 Å². The third-order valence-electron chi connectivity index (χ3n) is 5.07. The first kappa shape index (κ1) is 25.8. The Labute approximate surface area is 222 Å². The minimum absolute atomic E-state index is 0.00713. The lowest BCUT2D eigenvalue weighted by molar-refractivity contribution is -0.384. The molecule has 0 spiro atoms. The van der Waals surface area contributed by atoms with Gasteiger partial charge in [-0.05, 0) is 48.4 Å². The van der Waals surface area contributed by atoms with Crippen molar-refractivity contribution in [1.29, 1.82) is 0 Å². The molecule has 188 valence electrons. The van der Waals surface area contributed by atoms with E-state index in [-0.39, 0.29) is 40.3 Å². The first-order chi connectivity index (χ1) is 17.8. The number of para-hydroxylation sites is 1. The van der Waals surface area contributed by atoms with Gasteiger partial charge in [-0.25, -0.2) is 0 Å². The van der Waals surface area contributed by atoms with Gasteiger partial charge in [0.25, 0.3) is 11.6 Å². The Hall–Kier alpha value is -4.27. The van der Waals surface area contributed by atoms with Crippen LogP contribution in [0, 0.1) is 10.1 Å². The van der Waals surface area contributed by atoms with Crippen molar-refractivity contribution in [1.82, 2.24) is 0 Å². The summed E-state index contributed by atoms with van der Waals surface area (Å²) in [5.41, 5.74) is 0.821. The molecular formula is C27H20Cl2N2O6. The number of carbonyl (C=O) groups excluding carboxylic acids is 1. The summed E-state index contributed by atoms with van der Waals surface area (Å²) in [6.07, 6.45) is 2.44. The number of non-ortho nitro benzene ring substituents is 1. The van der Waals surface area contributed by atoms with Crippen molar-refractivity contribution < 1.29 is 23.6 Å². The second-order valence-corrected chi connectivity index (χ2v) is 8.60. The maximum absolute atomic E-state index is 12.8. The minimum atomic E-state index is -0.603. The van der Waals surface area contributed by atoms with Crippen molar-refractivity contribution in [2.75, 3.05) is 5.32 Å². The molecule has 0 saturated heterocycles. The summed E-state index contributed by atoms with van der Waals surface area (Å²) >= 11 is 12.0. The van der Waals surface area contributed by atoms with Crippen molar-refractivity contribution in [2.24, 2.45) is 0 Å². The number of anilines is 1. The number of nitro groups is 1. The Morgan fingerprint density at radius 1 is 1.05 bits per heavy atom. The molecule has 4 aromatic rings. The van der Waals surface area contributed by atoms with Crippen LogP contribution in [0.4, 0.5) is 11.4 Å². The second-order valence-electron chi connectivity index (χ2n) is 7.76. The fraction of sp³-hybridized carbons (Fsp3) is 0.0741. The fourth-order valence-corrected chi connectivity index (χ4v) is 3.84. The van der Waals surface area contributed by atoms with Crippen molar-refractivity contribution in [3.63, 3.8) is 0 Å². The maximum atomic E-state index is 12.8. The van der Waals surface area contributed by atoms with E-state index < -0.39 is 10.8 Å². The largest absolute Gasteiger partial charge is 0.485 e. The van der Waals surface area contributed by atoms with E-state index in [9.17, 15) is 14.9 Å². The van der Waals surface area contributed by atoms with E-state index in [2.05, 4.69) is 11.9 Å². The molecule has 0 fully saturated rings. The number of ether oxygens (including phenoxy) is 2. The van der Waals surface area contributed by atoms with Gasteiger partial charge >= 0.3 is 0 Å². The van der Waals surface area contributed by atoms with Gasteiger partial charge in [0, 0.05) is 17.2 Å². The van der Waals surface area contributed by atoms with Crippen molar-refractivity contribution >= 4 is 40.5 Å². The predicted molar refractivity (Wildman–Crippen MR) is 141 cm³/mol. The lowest BCUT2D eigenvalue weighted by Gasteiger charge is -2.10. The average molecular weight is 539 g/mol.